The molecular weight excluding hydrogens is 324 g/mol. The maximum atomic E-state index is 11.6. The van der Waals surface area contributed by atoms with Gasteiger partial charge in [0.25, 0.3) is 0 Å². The van der Waals surface area contributed by atoms with Gasteiger partial charge in [0, 0.05) is 6.42 Å². The summed E-state index contributed by atoms with van der Waals surface area (Å²) in [5.74, 6) is -0.0730. The van der Waals surface area contributed by atoms with Crippen LogP contribution in [0.3, 0.4) is 0 Å². The largest absolute Gasteiger partial charge is 0.463 e. The van der Waals surface area contributed by atoms with Crippen LogP contribution in [0.25, 0.3) is 0 Å². The first kappa shape index (κ1) is 21.2. The van der Waals surface area contributed by atoms with Crippen LogP contribution in [0.5, 0.6) is 0 Å². The summed E-state index contributed by atoms with van der Waals surface area (Å²) in [6, 6.07) is 0. The Labute approximate surface area is 140 Å². The SMILES string of the molecule is CC(C)CCC(=O)OC[C@@H](CO)O[C@@H]1O[C@H](CO)[C@H](O)[C@H](O)[C@H]1O. The standard InChI is InChI=1S/C15H28O9/c1-8(2)3-4-11(18)22-7-9(5-16)23-15-14(21)13(20)12(19)10(6-17)24-15/h8-10,12-17,19-21H,3-7H2,1-2H3/t9-,10-,12+,13+,14-,15-/m1/s1. The molecule has 9 nitrogen and oxygen atoms in total. The summed E-state index contributed by atoms with van der Waals surface area (Å²) in [6.45, 7) is 2.62. The van der Waals surface area contributed by atoms with Crippen molar-refractivity contribution in [3.8, 4) is 0 Å². The molecule has 0 aromatic heterocycles. The number of esters is 1. The summed E-state index contributed by atoms with van der Waals surface area (Å²) in [5, 5.41) is 47.6. The van der Waals surface area contributed by atoms with E-state index in [0.29, 0.717) is 12.3 Å². The number of aliphatic hydroxyl groups excluding tert-OH is 5. The van der Waals surface area contributed by atoms with Crippen LogP contribution in [0.1, 0.15) is 26.7 Å². The molecule has 0 spiro atoms. The summed E-state index contributed by atoms with van der Waals surface area (Å²) in [6.07, 6.45) is -7.19. The number of carbonyl (C=O) groups is 1. The molecule has 0 saturated carbocycles. The van der Waals surface area contributed by atoms with Crippen molar-refractivity contribution in [3.63, 3.8) is 0 Å². The molecule has 1 aliphatic heterocycles. The summed E-state index contributed by atoms with van der Waals surface area (Å²) in [4.78, 5) is 11.6. The van der Waals surface area contributed by atoms with Crippen molar-refractivity contribution in [2.45, 2.75) is 63.5 Å². The fourth-order valence-corrected chi connectivity index (χ4v) is 2.17. The maximum Gasteiger partial charge on any atom is 0.305 e. The Morgan fingerprint density at radius 3 is 2.33 bits per heavy atom. The van der Waals surface area contributed by atoms with Crippen molar-refractivity contribution in [3.05, 3.63) is 0 Å². The number of rotatable bonds is 9. The summed E-state index contributed by atoms with van der Waals surface area (Å²) in [5.41, 5.74) is 0. The molecule has 0 radical (unpaired) electrons. The third-order valence-corrected chi connectivity index (χ3v) is 3.73. The Morgan fingerprint density at radius 2 is 1.79 bits per heavy atom. The van der Waals surface area contributed by atoms with Gasteiger partial charge in [0.15, 0.2) is 6.29 Å². The fraction of sp³-hybridized carbons (Fsp3) is 0.933. The van der Waals surface area contributed by atoms with E-state index in [2.05, 4.69) is 0 Å². The van der Waals surface area contributed by atoms with Gasteiger partial charge in [-0.05, 0) is 12.3 Å². The minimum Gasteiger partial charge on any atom is -0.463 e. The molecule has 24 heavy (non-hydrogen) atoms. The zero-order chi connectivity index (χ0) is 18.3. The van der Waals surface area contributed by atoms with Crippen molar-refractivity contribution in [2.24, 2.45) is 5.92 Å². The highest BCUT2D eigenvalue weighted by Gasteiger charge is 2.44. The van der Waals surface area contributed by atoms with E-state index in [1.807, 2.05) is 13.8 Å². The minimum atomic E-state index is -1.58. The molecule has 0 unspecified atom stereocenters. The van der Waals surface area contributed by atoms with Gasteiger partial charge >= 0.3 is 5.97 Å². The lowest BCUT2D eigenvalue weighted by atomic mass is 9.99. The molecule has 1 heterocycles. The van der Waals surface area contributed by atoms with Gasteiger partial charge in [-0.3, -0.25) is 4.79 Å². The van der Waals surface area contributed by atoms with Gasteiger partial charge in [-0.25, -0.2) is 0 Å². The molecule has 1 saturated heterocycles. The smallest absolute Gasteiger partial charge is 0.305 e. The highest BCUT2D eigenvalue weighted by atomic mass is 16.7. The van der Waals surface area contributed by atoms with Crippen molar-refractivity contribution in [2.75, 3.05) is 19.8 Å². The van der Waals surface area contributed by atoms with Crippen LogP contribution in [-0.4, -0.2) is 88.1 Å². The molecular formula is C15H28O9. The number of hydrogen-bond donors (Lipinski definition) is 5. The predicted octanol–water partition coefficient (Wildman–Crippen LogP) is -1.86. The van der Waals surface area contributed by atoms with E-state index < -0.39 is 56.0 Å². The van der Waals surface area contributed by atoms with E-state index >= 15 is 0 Å². The predicted molar refractivity (Wildman–Crippen MR) is 80.8 cm³/mol. The summed E-state index contributed by atoms with van der Waals surface area (Å²) in [7, 11) is 0. The number of ether oxygens (including phenoxy) is 3. The van der Waals surface area contributed by atoms with Crippen molar-refractivity contribution < 1.29 is 44.5 Å². The highest BCUT2D eigenvalue weighted by molar-refractivity contribution is 5.69. The Balaban J connectivity index is 2.50. The Kier molecular flexibility index (Phi) is 9.06. The number of aliphatic hydroxyl groups is 5. The first-order valence-electron chi connectivity index (χ1n) is 8.02. The minimum absolute atomic E-state index is 0.246. The van der Waals surface area contributed by atoms with E-state index in [0.717, 1.165) is 0 Å². The Bertz CT molecular complexity index is 374. The molecule has 5 N–H and O–H groups in total. The van der Waals surface area contributed by atoms with Gasteiger partial charge in [-0.2, -0.15) is 0 Å². The van der Waals surface area contributed by atoms with E-state index in [4.69, 9.17) is 19.3 Å². The van der Waals surface area contributed by atoms with Crippen LogP contribution in [0.4, 0.5) is 0 Å². The third kappa shape index (κ3) is 6.25. The van der Waals surface area contributed by atoms with E-state index in [1.54, 1.807) is 0 Å². The number of carbonyl (C=O) groups excluding carboxylic acids is 1. The first-order valence-corrected chi connectivity index (χ1v) is 8.02. The molecule has 6 atom stereocenters. The van der Waals surface area contributed by atoms with E-state index in [-0.39, 0.29) is 13.0 Å². The van der Waals surface area contributed by atoms with Gasteiger partial charge in [-0.1, -0.05) is 13.8 Å². The van der Waals surface area contributed by atoms with Gasteiger partial charge in [0.05, 0.1) is 13.2 Å². The molecule has 9 heteroatoms. The van der Waals surface area contributed by atoms with E-state index in [1.165, 1.54) is 0 Å². The molecule has 1 aliphatic rings. The van der Waals surface area contributed by atoms with Crippen LogP contribution in [0.2, 0.25) is 0 Å². The van der Waals surface area contributed by atoms with Gasteiger partial charge in [-0.15, -0.1) is 0 Å². The second kappa shape index (κ2) is 10.2. The molecule has 0 aromatic rings. The molecule has 142 valence electrons. The Morgan fingerprint density at radius 1 is 1.12 bits per heavy atom. The van der Waals surface area contributed by atoms with Gasteiger partial charge in [0.2, 0.25) is 0 Å². The van der Waals surface area contributed by atoms with Crippen LogP contribution in [0, 0.1) is 5.92 Å². The summed E-state index contributed by atoms with van der Waals surface area (Å²) >= 11 is 0. The Hall–Kier alpha value is -0.810. The summed E-state index contributed by atoms with van der Waals surface area (Å²) < 4.78 is 15.5. The van der Waals surface area contributed by atoms with E-state index in [9.17, 15) is 25.2 Å². The lowest BCUT2D eigenvalue weighted by Crippen LogP contribution is -2.60. The second-order valence-corrected chi connectivity index (χ2v) is 6.25. The quantitative estimate of drug-likeness (QED) is 0.302. The molecule has 0 aliphatic carbocycles. The van der Waals surface area contributed by atoms with Crippen molar-refractivity contribution in [1.82, 2.24) is 0 Å². The average Bonchev–Trinajstić information content (AvgIpc) is 2.56. The van der Waals surface area contributed by atoms with Crippen molar-refractivity contribution in [1.29, 1.82) is 0 Å². The van der Waals surface area contributed by atoms with Crippen LogP contribution >= 0.6 is 0 Å². The molecule has 0 aromatic carbocycles. The molecule has 0 bridgehead atoms. The molecule has 1 fully saturated rings. The maximum absolute atomic E-state index is 11.6. The normalized spacial score (nSPS) is 31.9. The zero-order valence-electron chi connectivity index (χ0n) is 13.9. The van der Waals surface area contributed by atoms with Gasteiger partial charge < -0.3 is 39.7 Å². The van der Waals surface area contributed by atoms with Gasteiger partial charge in [0.1, 0.15) is 37.1 Å². The van der Waals surface area contributed by atoms with Crippen LogP contribution < -0.4 is 0 Å². The zero-order valence-corrected chi connectivity index (χ0v) is 13.9. The van der Waals surface area contributed by atoms with Crippen LogP contribution in [0.15, 0.2) is 0 Å². The lowest BCUT2D eigenvalue weighted by Gasteiger charge is -2.40. The first-order chi connectivity index (χ1) is 11.3. The lowest BCUT2D eigenvalue weighted by molar-refractivity contribution is -0.315. The second-order valence-electron chi connectivity index (χ2n) is 6.25. The van der Waals surface area contributed by atoms with Crippen LogP contribution in [-0.2, 0) is 19.0 Å². The monoisotopic (exact) mass is 352 g/mol. The average molecular weight is 352 g/mol. The number of hydrogen-bond acceptors (Lipinski definition) is 9. The molecule has 0 amide bonds. The van der Waals surface area contributed by atoms with Crippen molar-refractivity contribution >= 4 is 5.97 Å². The molecule has 1 rings (SSSR count). The fourth-order valence-electron chi connectivity index (χ4n) is 2.17. The topological polar surface area (TPSA) is 146 Å². The highest BCUT2D eigenvalue weighted by Crippen LogP contribution is 2.23. The third-order valence-electron chi connectivity index (χ3n) is 3.73.